The van der Waals surface area contributed by atoms with Crippen LogP contribution in [-0.2, 0) is 14.2 Å². The Hall–Kier alpha value is -0.200. The molecule has 0 aliphatic heterocycles. The summed E-state index contributed by atoms with van der Waals surface area (Å²) in [5, 5.41) is 3.39. The van der Waals surface area contributed by atoms with Gasteiger partial charge in [0.1, 0.15) is 0 Å². The summed E-state index contributed by atoms with van der Waals surface area (Å²) in [6.45, 7) is 9.51. The Labute approximate surface area is 112 Å². The second-order valence-corrected chi connectivity index (χ2v) is 5.10. The van der Waals surface area contributed by atoms with Gasteiger partial charge in [-0.1, -0.05) is 0 Å². The van der Waals surface area contributed by atoms with Crippen LogP contribution in [0.15, 0.2) is 0 Å². The van der Waals surface area contributed by atoms with E-state index in [1.165, 1.54) is 0 Å². The molecule has 18 heavy (non-hydrogen) atoms. The molecule has 0 unspecified atom stereocenters. The van der Waals surface area contributed by atoms with Crippen molar-refractivity contribution in [2.24, 2.45) is 0 Å². The first kappa shape index (κ1) is 17.8. The Morgan fingerprint density at radius 2 is 1.50 bits per heavy atom. The van der Waals surface area contributed by atoms with Crippen LogP contribution < -0.4 is 5.32 Å². The summed E-state index contributed by atoms with van der Waals surface area (Å²) in [6.07, 6.45) is 0. The summed E-state index contributed by atoms with van der Waals surface area (Å²) in [6, 6.07) is 0. The number of hydrogen-bond acceptors (Lipinski definition) is 5. The first-order valence-corrected chi connectivity index (χ1v) is 6.53. The minimum absolute atomic E-state index is 0.170. The number of nitrogens with one attached hydrogen (secondary N) is 1. The maximum absolute atomic E-state index is 5.45. The predicted octanol–water partition coefficient (Wildman–Crippen LogP) is 0.596. The molecule has 0 atom stereocenters. The van der Waals surface area contributed by atoms with Crippen LogP contribution in [0, 0.1) is 0 Å². The van der Waals surface area contributed by atoms with E-state index in [4.69, 9.17) is 14.2 Å². The Morgan fingerprint density at radius 3 is 2.06 bits per heavy atom. The lowest BCUT2D eigenvalue weighted by Gasteiger charge is -2.32. The summed E-state index contributed by atoms with van der Waals surface area (Å²) in [7, 11) is 5.85. The van der Waals surface area contributed by atoms with Gasteiger partial charge in [-0.2, -0.15) is 0 Å². The van der Waals surface area contributed by atoms with Crippen molar-refractivity contribution in [1.82, 2.24) is 10.2 Å². The van der Waals surface area contributed by atoms with Gasteiger partial charge in [0.25, 0.3) is 0 Å². The van der Waals surface area contributed by atoms with E-state index in [1.807, 2.05) is 0 Å². The molecule has 0 saturated carbocycles. The lowest BCUT2D eigenvalue weighted by atomic mass is 10.0. The normalized spacial score (nSPS) is 12.3. The van der Waals surface area contributed by atoms with E-state index in [0.717, 1.165) is 19.7 Å². The second-order valence-electron chi connectivity index (χ2n) is 5.10. The number of methoxy groups -OCH3 is 1. The Balaban J connectivity index is 3.21. The highest BCUT2D eigenvalue weighted by Gasteiger charge is 2.18. The molecule has 0 aromatic rings. The fraction of sp³-hybridized carbons (Fsp3) is 1.00. The lowest BCUT2D eigenvalue weighted by molar-refractivity contribution is 0.0251. The van der Waals surface area contributed by atoms with Crippen molar-refractivity contribution in [3.63, 3.8) is 0 Å². The zero-order valence-corrected chi connectivity index (χ0v) is 12.6. The summed E-state index contributed by atoms with van der Waals surface area (Å²) in [4.78, 5) is 2.21. The number of likely N-dealkylation sites (N-methyl/N-ethyl adjacent to an activating group) is 1. The van der Waals surface area contributed by atoms with Crippen molar-refractivity contribution in [1.29, 1.82) is 0 Å². The van der Waals surface area contributed by atoms with Gasteiger partial charge < -0.3 is 24.4 Å². The van der Waals surface area contributed by atoms with E-state index in [2.05, 4.69) is 38.2 Å². The zero-order valence-electron chi connectivity index (χ0n) is 12.6. The zero-order chi connectivity index (χ0) is 13.9. The van der Waals surface area contributed by atoms with E-state index in [9.17, 15) is 0 Å². The van der Waals surface area contributed by atoms with Crippen LogP contribution in [0.5, 0.6) is 0 Å². The van der Waals surface area contributed by atoms with Crippen LogP contribution in [0.4, 0.5) is 0 Å². The van der Waals surface area contributed by atoms with Crippen molar-refractivity contribution in [3.8, 4) is 0 Å². The molecule has 0 fully saturated rings. The SMILES string of the molecule is COCCOCCOCCNCC(C)(C)N(C)C. The van der Waals surface area contributed by atoms with Crippen LogP contribution in [0.1, 0.15) is 13.8 Å². The average Bonchev–Trinajstić information content (AvgIpc) is 2.31. The molecule has 0 spiro atoms. The van der Waals surface area contributed by atoms with E-state index in [1.54, 1.807) is 7.11 Å². The summed E-state index contributed by atoms with van der Waals surface area (Å²) in [5.41, 5.74) is 0.170. The van der Waals surface area contributed by atoms with Gasteiger partial charge in [-0.25, -0.2) is 0 Å². The minimum atomic E-state index is 0.170. The van der Waals surface area contributed by atoms with Crippen LogP contribution in [0.3, 0.4) is 0 Å². The number of nitrogens with zero attached hydrogens (tertiary/aromatic N) is 1. The molecule has 0 amide bonds. The van der Waals surface area contributed by atoms with Crippen LogP contribution in [0.25, 0.3) is 0 Å². The molecule has 0 aromatic carbocycles. The molecule has 0 aliphatic rings. The van der Waals surface area contributed by atoms with Gasteiger partial charge in [0.2, 0.25) is 0 Å². The van der Waals surface area contributed by atoms with E-state index in [-0.39, 0.29) is 5.54 Å². The van der Waals surface area contributed by atoms with E-state index >= 15 is 0 Å². The van der Waals surface area contributed by atoms with Crippen molar-refractivity contribution in [2.75, 3.05) is 67.3 Å². The number of hydrogen-bond donors (Lipinski definition) is 1. The quantitative estimate of drug-likeness (QED) is 0.522. The van der Waals surface area contributed by atoms with Crippen molar-refractivity contribution < 1.29 is 14.2 Å². The third kappa shape index (κ3) is 9.79. The average molecular weight is 262 g/mol. The van der Waals surface area contributed by atoms with Crippen LogP contribution in [0.2, 0.25) is 0 Å². The molecular formula is C13H30N2O3. The standard InChI is InChI=1S/C13H30N2O3/c1-13(2,15(3)4)12-14-6-7-17-10-11-18-9-8-16-5/h14H,6-12H2,1-5H3. The highest BCUT2D eigenvalue weighted by molar-refractivity contribution is 4.79. The van der Waals surface area contributed by atoms with Gasteiger partial charge in [0, 0.05) is 25.7 Å². The van der Waals surface area contributed by atoms with Gasteiger partial charge in [-0.3, -0.25) is 0 Å². The maximum atomic E-state index is 5.45. The number of rotatable bonds is 12. The third-order valence-electron chi connectivity index (χ3n) is 3.00. The summed E-state index contributed by atoms with van der Waals surface area (Å²) >= 11 is 0. The van der Waals surface area contributed by atoms with Crippen LogP contribution in [-0.4, -0.2) is 77.8 Å². The monoisotopic (exact) mass is 262 g/mol. The van der Waals surface area contributed by atoms with Gasteiger partial charge in [0.05, 0.1) is 33.0 Å². The smallest absolute Gasteiger partial charge is 0.0701 e. The van der Waals surface area contributed by atoms with Gasteiger partial charge in [0.15, 0.2) is 0 Å². The third-order valence-corrected chi connectivity index (χ3v) is 3.00. The lowest BCUT2D eigenvalue weighted by Crippen LogP contribution is -2.47. The molecule has 0 heterocycles. The Morgan fingerprint density at radius 1 is 0.944 bits per heavy atom. The second kappa shape index (κ2) is 10.7. The Bertz CT molecular complexity index is 187. The molecule has 1 N–H and O–H groups in total. The topological polar surface area (TPSA) is 43.0 Å². The van der Waals surface area contributed by atoms with E-state index in [0.29, 0.717) is 26.4 Å². The number of ether oxygens (including phenoxy) is 3. The molecule has 5 nitrogen and oxygen atoms in total. The predicted molar refractivity (Wildman–Crippen MR) is 74.1 cm³/mol. The summed E-state index contributed by atoms with van der Waals surface area (Å²) < 4.78 is 15.6. The molecule has 110 valence electrons. The molecule has 0 aliphatic carbocycles. The minimum Gasteiger partial charge on any atom is -0.382 e. The molecule has 0 saturated heterocycles. The largest absolute Gasteiger partial charge is 0.382 e. The van der Waals surface area contributed by atoms with E-state index < -0.39 is 0 Å². The molecule has 0 rings (SSSR count). The molecule has 0 bridgehead atoms. The van der Waals surface area contributed by atoms with Crippen molar-refractivity contribution >= 4 is 0 Å². The van der Waals surface area contributed by atoms with Crippen molar-refractivity contribution in [2.45, 2.75) is 19.4 Å². The molecule has 0 aromatic heterocycles. The first-order valence-electron chi connectivity index (χ1n) is 6.53. The van der Waals surface area contributed by atoms with Gasteiger partial charge in [-0.05, 0) is 27.9 Å². The first-order chi connectivity index (χ1) is 8.50. The highest BCUT2D eigenvalue weighted by Crippen LogP contribution is 2.07. The fourth-order valence-corrected chi connectivity index (χ4v) is 1.16. The fourth-order valence-electron chi connectivity index (χ4n) is 1.16. The van der Waals surface area contributed by atoms with Gasteiger partial charge >= 0.3 is 0 Å². The molecular weight excluding hydrogens is 232 g/mol. The maximum Gasteiger partial charge on any atom is 0.0701 e. The van der Waals surface area contributed by atoms with Gasteiger partial charge in [-0.15, -0.1) is 0 Å². The van der Waals surface area contributed by atoms with Crippen molar-refractivity contribution in [3.05, 3.63) is 0 Å². The molecule has 0 radical (unpaired) electrons. The Kier molecular flexibility index (Phi) is 10.6. The summed E-state index contributed by atoms with van der Waals surface area (Å²) in [5.74, 6) is 0. The van der Waals surface area contributed by atoms with Crippen LogP contribution >= 0.6 is 0 Å². The molecule has 5 heteroatoms. The highest BCUT2D eigenvalue weighted by atomic mass is 16.5.